The van der Waals surface area contributed by atoms with Crippen LogP contribution in [0, 0.1) is 0 Å². The fraction of sp³-hybridized carbons (Fsp3) is 0.533. The van der Waals surface area contributed by atoms with Crippen LogP contribution < -0.4 is 26.0 Å². The molecule has 43 heavy (non-hydrogen) atoms. The maximum atomic E-state index is 12.6. The summed E-state index contributed by atoms with van der Waals surface area (Å²) in [5.41, 5.74) is 8.73. The van der Waals surface area contributed by atoms with Gasteiger partial charge in [0, 0.05) is 82.5 Å². The second-order valence-corrected chi connectivity index (χ2v) is 11.6. The molecule has 0 bridgehead atoms. The molecule has 6 rings (SSSR count). The smallest absolute Gasteiger partial charge is 0.271 e. The van der Waals surface area contributed by atoms with Gasteiger partial charge >= 0.3 is 0 Å². The number of nitrogens with one attached hydrogen (secondary N) is 3. The van der Waals surface area contributed by atoms with Crippen molar-refractivity contribution in [2.75, 3.05) is 82.2 Å². The summed E-state index contributed by atoms with van der Waals surface area (Å²) >= 11 is 0. The number of methoxy groups -OCH3 is 1. The molecule has 3 aliphatic rings. The van der Waals surface area contributed by atoms with Crippen LogP contribution in [0.3, 0.4) is 0 Å². The minimum Gasteiger partial charge on any atom is -0.495 e. The van der Waals surface area contributed by atoms with Gasteiger partial charge in [0.2, 0.25) is 0 Å². The highest BCUT2D eigenvalue weighted by atomic mass is 16.5. The number of nitrogens with zero attached hydrogens (tertiary/aromatic N) is 6. The largest absolute Gasteiger partial charge is 0.495 e. The number of benzene rings is 1. The van der Waals surface area contributed by atoms with E-state index in [9.17, 15) is 4.79 Å². The molecule has 0 saturated carbocycles. The van der Waals surface area contributed by atoms with E-state index in [0.717, 1.165) is 82.1 Å². The lowest BCUT2D eigenvalue weighted by molar-refractivity contribution is 0.0904. The molecule has 13 heteroatoms. The molecule has 3 saturated heterocycles. The molecule has 13 nitrogen and oxygen atoms in total. The fourth-order valence-corrected chi connectivity index (χ4v) is 6.22. The van der Waals surface area contributed by atoms with Gasteiger partial charge in [0.25, 0.3) is 5.91 Å². The Morgan fingerprint density at radius 2 is 1.79 bits per heavy atom. The van der Waals surface area contributed by atoms with Gasteiger partial charge < -0.3 is 35.6 Å². The van der Waals surface area contributed by atoms with Crippen LogP contribution in [0.5, 0.6) is 5.75 Å². The van der Waals surface area contributed by atoms with Crippen molar-refractivity contribution in [1.29, 1.82) is 0 Å². The first-order valence-corrected chi connectivity index (χ1v) is 15.2. The first-order chi connectivity index (χ1) is 21.0. The lowest BCUT2D eigenvalue weighted by Gasteiger charge is -2.42. The molecular weight excluding hydrogens is 548 g/mol. The number of hydrogen-bond donors (Lipinski definition) is 4. The molecule has 5 N–H and O–H groups in total. The Balaban J connectivity index is 1.22. The Morgan fingerprint density at radius 1 is 1.02 bits per heavy atom. The highest BCUT2D eigenvalue weighted by molar-refractivity contribution is 5.97. The van der Waals surface area contributed by atoms with Crippen LogP contribution in [0.1, 0.15) is 36.2 Å². The normalized spacial score (nSPS) is 19.3. The first-order valence-electron chi connectivity index (χ1n) is 15.2. The Kier molecular flexibility index (Phi) is 8.91. The van der Waals surface area contributed by atoms with Crippen molar-refractivity contribution in [1.82, 2.24) is 30.0 Å². The lowest BCUT2D eigenvalue weighted by Crippen LogP contribution is -2.52. The minimum absolute atomic E-state index is 0.0381. The summed E-state index contributed by atoms with van der Waals surface area (Å²) in [4.78, 5) is 29.5. The van der Waals surface area contributed by atoms with E-state index in [-0.39, 0.29) is 17.6 Å². The molecule has 1 amide bonds. The second kappa shape index (κ2) is 13.1. The summed E-state index contributed by atoms with van der Waals surface area (Å²) in [7, 11) is 3.88. The van der Waals surface area contributed by atoms with Gasteiger partial charge in [-0.05, 0) is 50.9 Å². The van der Waals surface area contributed by atoms with Crippen molar-refractivity contribution in [2.45, 2.75) is 37.8 Å². The highest BCUT2D eigenvalue weighted by Crippen LogP contribution is 2.36. The number of H-pyrrole nitrogens is 1. The van der Waals surface area contributed by atoms with Gasteiger partial charge in [-0.15, -0.1) is 0 Å². The molecule has 230 valence electrons. The molecule has 2 aromatic heterocycles. The summed E-state index contributed by atoms with van der Waals surface area (Å²) < 4.78 is 11.4. The third kappa shape index (κ3) is 6.68. The number of amides is 1. The number of aromatic nitrogens is 4. The molecule has 0 aliphatic carbocycles. The van der Waals surface area contributed by atoms with Gasteiger partial charge in [-0.3, -0.25) is 14.8 Å². The van der Waals surface area contributed by atoms with E-state index in [4.69, 9.17) is 20.2 Å². The van der Waals surface area contributed by atoms with Crippen molar-refractivity contribution in [3.63, 3.8) is 0 Å². The monoisotopic (exact) mass is 590 g/mol. The van der Waals surface area contributed by atoms with Gasteiger partial charge in [0.1, 0.15) is 11.4 Å². The van der Waals surface area contributed by atoms with E-state index >= 15 is 0 Å². The van der Waals surface area contributed by atoms with Gasteiger partial charge in [0.15, 0.2) is 17.3 Å². The number of aromatic amines is 1. The quantitative estimate of drug-likeness (QED) is 0.291. The van der Waals surface area contributed by atoms with Crippen molar-refractivity contribution in [3.8, 4) is 17.1 Å². The van der Waals surface area contributed by atoms with E-state index in [1.165, 1.54) is 0 Å². The molecule has 1 aromatic carbocycles. The third-order valence-electron chi connectivity index (χ3n) is 8.75. The number of anilines is 4. The number of carbonyl (C=O) groups excluding carboxylic acids is 1. The molecule has 3 aliphatic heterocycles. The predicted octanol–water partition coefficient (Wildman–Crippen LogP) is 2.52. The number of primary amides is 1. The zero-order valence-corrected chi connectivity index (χ0v) is 25.0. The van der Waals surface area contributed by atoms with Gasteiger partial charge in [-0.2, -0.15) is 5.10 Å². The fourth-order valence-electron chi connectivity index (χ4n) is 6.22. The average molecular weight is 591 g/mol. The third-order valence-corrected chi connectivity index (χ3v) is 8.75. The van der Waals surface area contributed by atoms with Crippen LogP contribution in [0.4, 0.5) is 23.0 Å². The molecule has 5 heterocycles. The van der Waals surface area contributed by atoms with E-state index in [0.29, 0.717) is 36.5 Å². The molecule has 3 fully saturated rings. The number of nitrogens with two attached hydrogens (primary N) is 1. The Morgan fingerprint density at radius 3 is 2.47 bits per heavy atom. The molecular formula is C30H42N10O3. The minimum atomic E-state index is -0.680. The summed E-state index contributed by atoms with van der Waals surface area (Å²) in [6.07, 6.45) is 5.59. The van der Waals surface area contributed by atoms with Gasteiger partial charge in [-0.25, -0.2) is 9.97 Å². The summed E-state index contributed by atoms with van der Waals surface area (Å²) in [6.45, 7) is 7.89. The standard InChI is InChI=1S/C30H42N10O3/c1-38-13-15-39(16-14-38)22-6-11-40(12-7-22)24-4-3-21(19-25(24)42-2)34-30-27(28(31)41)35-26(23-5-10-32-37-23)29(36-30)33-20-8-17-43-18-9-20/h3-5,10,19-20,22H,6-9,11-18H2,1-2H3,(H2,31,41)(H,32,37)(H2,33,34,36). The van der Waals surface area contributed by atoms with Crippen molar-refractivity contribution < 1.29 is 14.3 Å². The molecule has 0 radical (unpaired) electrons. The SMILES string of the molecule is COc1cc(Nc2nc(NC3CCOCC3)c(-c3ccn[nH]3)nc2C(N)=O)ccc1N1CCC(N2CCN(C)CC2)CC1. The first kappa shape index (κ1) is 29.1. The van der Waals surface area contributed by atoms with E-state index < -0.39 is 5.91 Å². The predicted molar refractivity (Wildman–Crippen MR) is 166 cm³/mol. The van der Waals surface area contributed by atoms with Gasteiger partial charge in [0.05, 0.1) is 18.5 Å². The topological polar surface area (TPSA) is 150 Å². The number of ether oxygens (including phenoxy) is 2. The van der Waals surface area contributed by atoms with Crippen LogP contribution >= 0.6 is 0 Å². The average Bonchev–Trinajstić information content (AvgIpc) is 3.57. The number of rotatable bonds is 9. The number of piperidine rings is 1. The van der Waals surface area contributed by atoms with E-state index in [1.54, 1.807) is 19.4 Å². The van der Waals surface area contributed by atoms with Crippen LogP contribution in [0.25, 0.3) is 11.4 Å². The van der Waals surface area contributed by atoms with Crippen LogP contribution in [-0.4, -0.2) is 115 Å². The summed E-state index contributed by atoms with van der Waals surface area (Å²) in [6, 6.07) is 8.56. The zero-order valence-electron chi connectivity index (χ0n) is 25.0. The summed E-state index contributed by atoms with van der Waals surface area (Å²) in [5, 5.41) is 13.8. The lowest BCUT2D eigenvalue weighted by atomic mass is 10.0. The van der Waals surface area contributed by atoms with Gasteiger partial charge in [-0.1, -0.05) is 0 Å². The maximum absolute atomic E-state index is 12.6. The maximum Gasteiger partial charge on any atom is 0.271 e. The molecule has 0 spiro atoms. The van der Waals surface area contributed by atoms with Crippen LogP contribution in [-0.2, 0) is 4.74 Å². The highest BCUT2D eigenvalue weighted by Gasteiger charge is 2.28. The van der Waals surface area contributed by atoms with Crippen molar-refractivity contribution in [3.05, 3.63) is 36.2 Å². The Bertz CT molecular complexity index is 1380. The van der Waals surface area contributed by atoms with E-state index in [2.05, 4.69) is 53.6 Å². The van der Waals surface area contributed by atoms with E-state index in [1.807, 2.05) is 12.1 Å². The van der Waals surface area contributed by atoms with Crippen molar-refractivity contribution >= 4 is 28.9 Å². The van der Waals surface area contributed by atoms with Crippen LogP contribution in [0.2, 0.25) is 0 Å². The number of piperazine rings is 1. The second-order valence-electron chi connectivity index (χ2n) is 11.6. The summed E-state index contributed by atoms with van der Waals surface area (Å²) in [5.74, 6) is 0.884. The number of likely N-dealkylation sites (N-methyl/N-ethyl adjacent to an activating group) is 1. The molecule has 0 unspecified atom stereocenters. The zero-order chi connectivity index (χ0) is 29.8. The number of hydrogen-bond acceptors (Lipinski definition) is 11. The Labute approximate surface area is 252 Å². The van der Waals surface area contributed by atoms with Crippen LogP contribution in [0.15, 0.2) is 30.5 Å². The Hall–Kier alpha value is -3.94. The number of carbonyl (C=O) groups is 1. The molecule has 3 aromatic rings. The molecule has 0 atom stereocenters. The van der Waals surface area contributed by atoms with Crippen molar-refractivity contribution in [2.24, 2.45) is 5.73 Å².